The molecule has 0 saturated heterocycles. The summed E-state index contributed by atoms with van der Waals surface area (Å²) in [6.45, 7) is 1.37. The van der Waals surface area contributed by atoms with Crippen LogP contribution in [0.2, 0.25) is 0 Å². The minimum atomic E-state index is -0.0875. The second kappa shape index (κ2) is 5.53. The summed E-state index contributed by atoms with van der Waals surface area (Å²) in [6, 6.07) is 1.66. The monoisotopic (exact) mass is 212 g/mol. The van der Waals surface area contributed by atoms with Crippen LogP contribution in [0.4, 0.5) is 0 Å². The molecule has 2 N–H and O–H groups in total. The molecule has 0 unspecified atom stereocenters. The Hall–Kier alpha value is -1.33. The van der Waals surface area contributed by atoms with Crippen LogP contribution in [-0.2, 0) is 11.3 Å². The highest BCUT2D eigenvalue weighted by atomic mass is 16.5. The zero-order valence-corrected chi connectivity index (χ0v) is 9.03. The Morgan fingerprint density at radius 2 is 2.40 bits per heavy atom. The molecule has 1 heterocycles. The predicted octanol–water partition coefficient (Wildman–Crippen LogP) is 0.457. The van der Waals surface area contributed by atoms with Gasteiger partial charge in [0.05, 0.1) is 18.7 Å². The molecule has 5 heteroatoms. The Bertz CT molecular complexity index is 322. The number of nitrogens with two attached hydrogens (primary N) is 1. The lowest BCUT2D eigenvalue weighted by molar-refractivity contribution is 0.0743. The number of carbonyl (C=O) groups is 1. The van der Waals surface area contributed by atoms with E-state index >= 15 is 0 Å². The Morgan fingerprint density at radius 1 is 1.67 bits per heavy atom. The summed E-state index contributed by atoms with van der Waals surface area (Å²) in [4.78, 5) is 13.3. The topological polar surface area (TPSA) is 68.7 Å². The van der Waals surface area contributed by atoms with Gasteiger partial charge in [0, 0.05) is 20.7 Å². The Kier molecular flexibility index (Phi) is 4.33. The normalized spacial score (nSPS) is 10.3. The van der Waals surface area contributed by atoms with Gasteiger partial charge in [-0.3, -0.25) is 4.79 Å². The van der Waals surface area contributed by atoms with Crippen LogP contribution in [0.1, 0.15) is 16.1 Å². The van der Waals surface area contributed by atoms with Crippen LogP contribution in [0.15, 0.2) is 16.7 Å². The van der Waals surface area contributed by atoms with Gasteiger partial charge < -0.3 is 19.8 Å². The highest BCUT2D eigenvalue weighted by molar-refractivity contribution is 5.93. The van der Waals surface area contributed by atoms with E-state index in [1.54, 1.807) is 25.1 Å². The maximum absolute atomic E-state index is 11.7. The molecule has 1 amide bonds. The van der Waals surface area contributed by atoms with E-state index in [9.17, 15) is 4.79 Å². The van der Waals surface area contributed by atoms with Crippen molar-refractivity contribution in [3.8, 4) is 0 Å². The molecule has 0 aliphatic rings. The summed E-state index contributed by atoms with van der Waals surface area (Å²) in [6.07, 6.45) is 1.42. The lowest BCUT2D eigenvalue weighted by atomic mass is 10.2. The quantitative estimate of drug-likeness (QED) is 0.769. The number of furan rings is 1. The van der Waals surface area contributed by atoms with E-state index in [0.29, 0.717) is 31.0 Å². The smallest absolute Gasteiger partial charge is 0.256 e. The fraction of sp³-hybridized carbons (Fsp3) is 0.500. The van der Waals surface area contributed by atoms with E-state index in [0.717, 1.165) is 0 Å². The lowest BCUT2D eigenvalue weighted by Gasteiger charge is -2.14. The van der Waals surface area contributed by atoms with Crippen molar-refractivity contribution in [2.45, 2.75) is 6.54 Å². The third kappa shape index (κ3) is 3.07. The van der Waals surface area contributed by atoms with Crippen molar-refractivity contribution in [2.24, 2.45) is 5.73 Å². The molecule has 0 aliphatic heterocycles. The molecule has 0 aromatic carbocycles. The van der Waals surface area contributed by atoms with Gasteiger partial charge in [0.1, 0.15) is 12.0 Å². The number of hydrogen-bond donors (Lipinski definition) is 1. The highest BCUT2D eigenvalue weighted by Gasteiger charge is 2.13. The molecule has 1 aromatic rings. The molecule has 0 bridgehead atoms. The van der Waals surface area contributed by atoms with Crippen LogP contribution in [0.25, 0.3) is 0 Å². The first-order chi connectivity index (χ1) is 7.19. The second-order valence-corrected chi connectivity index (χ2v) is 3.23. The average molecular weight is 212 g/mol. The molecule has 84 valence electrons. The average Bonchev–Trinajstić information content (AvgIpc) is 2.73. The van der Waals surface area contributed by atoms with E-state index < -0.39 is 0 Å². The molecule has 1 rings (SSSR count). The van der Waals surface area contributed by atoms with Crippen molar-refractivity contribution in [3.63, 3.8) is 0 Å². The summed E-state index contributed by atoms with van der Waals surface area (Å²) in [5.74, 6) is 0.522. The van der Waals surface area contributed by atoms with Crippen molar-refractivity contribution < 1.29 is 13.9 Å². The molecule has 0 fully saturated rings. The molecule has 0 saturated carbocycles. The van der Waals surface area contributed by atoms with E-state index in [-0.39, 0.29) is 5.91 Å². The molecule has 15 heavy (non-hydrogen) atoms. The molecule has 0 aliphatic carbocycles. The molecule has 0 atom stereocenters. The van der Waals surface area contributed by atoms with Gasteiger partial charge in [-0.05, 0) is 6.07 Å². The van der Waals surface area contributed by atoms with Crippen molar-refractivity contribution in [1.29, 1.82) is 0 Å². The molecular weight excluding hydrogens is 196 g/mol. The largest absolute Gasteiger partial charge is 0.467 e. The summed E-state index contributed by atoms with van der Waals surface area (Å²) >= 11 is 0. The van der Waals surface area contributed by atoms with Gasteiger partial charge in [-0.2, -0.15) is 0 Å². The predicted molar refractivity (Wildman–Crippen MR) is 55.4 cm³/mol. The highest BCUT2D eigenvalue weighted by Crippen LogP contribution is 2.09. The zero-order valence-electron chi connectivity index (χ0n) is 9.03. The van der Waals surface area contributed by atoms with Crippen molar-refractivity contribution in [1.82, 2.24) is 4.90 Å². The van der Waals surface area contributed by atoms with Crippen LogP contribution < -0.4 is 5.73 Å². The van der Waals surface area contributed by atoms with E-state index in [4.69, 9.17) is 14.9 Å². The standard InChI is InChI=1S/C10H16N2O3/c1-12(3-4-14-2)10(13)8-5-9(6-11)15-7-8/h5,7H,3-4,6,11H2,1-2H3. The molecule has 5 nitrogen and oxygen atoms in total. The third-order valence-electron chi connectivity index (χ3n) is 2.08. The Labute approximate surface area is 88.8 Å². The zero-order chi connectivity index (χ0) is 11.3. The maximum Gasteiger partial charge on any atom is 0.256 e. The number of ether oxygens (including phenoxy) is 1. The van der Waals surface area contributed by atoms with Crippen molar-refractivity contribution >= 4 is 5.91 Å². The van der Waals surface area contributed by atoms with Gasteiger partial charge in [0.25, 0.3) is 5.91 Å². The van der Waals surface area contributed by atoms with Crippen LogP contribution in [0.3, 0.4) is 0 Å². The SMILES string of the molecule is COCCN(C)C(=O)c1coc(CN)c1. The number of methoxy groups -OCH3 is 1. The number of rotatable bonds is 5. The van der Waals surface area contributed by atoms with E-state index in [1.807, 2.05) is 0 Å². The van der Waals surface area contributed by atoms with Crippen LogP contribution >= 0.6 is 0 Å². The fourth-order valence-corrected chi connectivity index (χ4v) is 1.15. The van der Waals surface area contributed by atoms with E-state index in [2.05, 4.69) is 0 Å². The van der Waals surface area contributed by atoms with Crippen LogP contribution in [0, 0.1) is 0 Å². The molecule has 0 radical (unpaired) electrons. The number of nitrogens with zero attached hydrogens (tertiary/aromatic N) is 1. The first-order valence-electron chi connectivity index (χ1n) is 4.71. The minimum absolute atomic E-state index is 0.0875. The maximum atomic E-state index is 11.7. The fourth-order valence-electron chi connectivity index (χ4n) is 1.15. The number of carbonyl (C=O) groups excluding carboxylic acids is 1. The van der Waals surface area contributed by atoms with Crippen LogP contribution in [0.5, 0.6) is 0 Å². The van der Waals surface area contributed by atoms with Gasteiger partial charge in [-0.25, -0.2) is 0 Å². The minimum Gasteiger partial charge on any atom is -0.467 e. The number of hydrogen-bond acceptors (Lipinski definition) is 4. The summed E-state index contributed by atoms with van der Waals surface area (Å²) in [7, 11) is 3.32. The second-order valence-electron chi connectivity index (χ2n) is 3.23. The van der Waals surface area contributed by atoms with Crippen LogP contribution in [-0.4, -0.2) is 38.1 Å². The van der Waals surface area contributed by atoms with Crippen molar-refractivity contribution in [2.75, 3.05) is 27.3 Å². The van der Waals surface area contributed by atoms with Gasteiger partial charge in [0.2, 0.25) is 0 Å². The third-order valence-corrected chi connectivity index (χ3v) is 2.08. The lowest BCUT2D eigenvalue weighted by Crippen LogP contribution is -2.29. The summed E-state index contributed by atoms with van der Waals surface area (Å²) < 4.78 is 9.97. The van der Waals surface area contributed by atoms with Gasteiger partial charge in [-0.1, -0.05) is 0 Å². The molecule has 1 aromatic heterocycles. The first-order valence-corrected chi connectivity index (χ1v) is 4.71. The van der Waals surface area contributed by atoms with Gasteiger partial charge in [-0.15, -0.1) is 0 Å². The first kappa shape index (κ1) is 11.7. The Morgan fingerprint density at radius 3 is 2.93 bits per heavy atom. The van der Waals surface area contributed by atoms with Gasteiger partial charge >= 0.3 is 0 Å². The Balaban J connectivity index is 2.59. The number of amides is 1. The van der Waals surface area contributed by atoms with E-state index in [1.165, 1.54) is 6.26 Å². The van der Waals surface area contributed by atoms with Crippen molar-refractivity contribution in [3.05, 3.63) is 23.7 Å². The molecular formula is C10H16N2O3. The molecule has 0 spiro atoms. The number of likely N-dealkylation sites (N-methyl/N-ethyl adjacent to an activating group) is 1. The van der Waals surface area contributed by atoms with Gasteiger partial charge in [0.15, 0.2) is 0 Å². The summed E-state index contributed by atoms with van der Waals surface area (Å²) in [5, 5.41) is 0. The summed E-state index contributed by atoms with van der Waals surface area (Å²) in [5.41, 5.74) is 5.90.